The van der Waals surface area contributed by atoms with Gasteiger partial charge in [-0.25, -0.2) is 4.79 Å². The number of carbonyl (C=O) groups excluding carboxylic acids is 4. The fourth-order valence-corrected chi connectivity index (χ4v) is 2.73. The molecule has 0 bridgehead atoms. The Labute approximate surface area is 166 Å². The summed E-state index contributed by atoms with van der Waals surface area (Å²) in [5.74, 6) is -3.17. The molecule has 164 valence electrons. The van der Waals surface area contributed by atoms with Crippen molar-refractivity contribution in [1.29, 1.82) is 0 Å². The second kappa shape index (κ2) is 11.2. The average Bonchev–Trinajstić information content (AvgIpc) is 2.58. The van der Waals surface area contributed by atoms with Crippen molar-refractivity contribution in [1.82, 2.24) is 16.0 Å². The van der Waals surface area contributed by atoms with Crippen LogP contribution in [-0.4, -0.2) is 83.8 Å². The van der Waals surface area contributed by atoms with Crippen LogP contribution in [0.1, 0.15) is 27.2 Å². The number of carbonyl (C=O) groups is 5. The summed E-state index contributed by atoms with van der Waals surface area (Å²) >= 11 is 0. The largest absolute Gasteiger partial charge is 0.481 e. The molecule has 29 heavy (non-hydrogen) atoms. The predicted octanol–water partition coefficient (Wildman–Crippen LogP) is -2.15. The van der Waals surface area contributed by atoms with E-state index in [0.717, 1.165) is 13.8 Å². The third-order valence-corrected chi connectivity index (χ3v) is 3.74. The minimum absolute atomic E-state index is 0.175. The lowest BCUT2D eigenvalue weighted by Crippen LogP contribution is -2.70. The molecule has 0 aromatic rings. The van der Waals surface area contributed by atoms with Crippen LogP contribution in [0.2, 0.25) is 0 Å². The van der Waals surface area contributed by atoms with E-state index in [1.165, 1.54) is 6.92 Å². The zero-order valence-corrected chi connectivity index (χ0v) is 16.2. The number of urea groups is 1. The molecule has 13 heteroatoms. The number of hydrogen-bond donors (Lipinski definition) is 5. The van der Waals surface area contributed by atoms with E-state index in [0.29, 0.717) is 0 Å². The van der Waals surface area contributed by atoms with Gasteiger partial charge in [-0.1, -0.05) is 0 Å². The summed E-state index contributed by atoms with van der Waals surface area (Å²) in [6, 6.07) is -2.00. The zero-order chi connectivity index (χ0) is 22.1. The summed E-state index contributed by atoms with van der Waals surface area (Å²) in [6.07, 6.45) is -5.34. The van der Waals surface area contributed by atoms with Gasteiger partial charge in [0.25, 0.3) is 0 Å². The smallest absolute Gasteiger partial charge is 0.316 e. The molecule has 3 amide bonds. The third-order valence-electron chi connectivity index (χ3n) is 3.74. The van der Waals surface area contributed by atoms with Gasteiger partial charge >= 0.3 is 23.9 Å². The summed E-state index contributed by atoms with van der Waals surface area (Å²) in [7, 11) is 0. The van der Waals surface area contributed by atoms with Crippen LogP contribution in [0.5, 0.6) is 0 Å². The quantitative estimate of drug-likeness (QED) is 0.271. The Morgan fingerprint density at radius 3 is 2.03 bits per heavy atom. The van der Waals surface area contributed by atoms with Crippen molar-refractivity contribution in [2.24, 2.45) is 0 Å². The summed E-state index contributed by atoms with van der Waals surface area (Å²) in [5.41, 5.74) is 0. The molecular formula is C16H25N3O10. The van der Waals surface area contributed by atoms with Crippen LogP contribution >= 0.6 is 0 Å². The minimum Gasteiger partial charge on any atom is -0.481 e. The number of rotatable bonds is 8. The van der Waals surface area contributed by atoms with Crippen LogP contribution in [0.3, 0.4) is 0 Å². The molecule has 0 radical (unpaired) electrons. The summed E-state index contributed by atoms with van der Waals surface area (Å²) in [4.78, 5) is 57.2. The lowest BCUT2D eigenvalue weighted by atomic mass is 9.95. The molecule has 1 fully saturated rings. The van der Waals surface area contributed by atoms with E-state index in [1.54, 1.807) is 0 Å². The Morgan fingerprint density at radius 2 is 1.55 bits per heavy atom. The van der Waals surface area contributed by atoms with Crippen LogP contribution in [-0.2, 0) is 33.4 Å². The van der Waals surface area contributed by atoms with Crippen molar-refractivity contribution < 1.29 is 48.4 Å². The lowest BCUT2D eigenvalue weighted by molar-refractivity contribution is -0.223. The summed E-state index contributed by atoms with van der Waals surface area (Å²) in [6.45, 7) is 2.55. The van der Waals surface area contributed by atoms with Gasteiger partial charge in [0.05, 0.1) is 13.0 Å². The lowest BCUT2D eigenvalue weighted by Gasteiger charge is -2.45. The molecule has 1 saturated heterocycles. The highest BCUT2D eigenvalue weighted by molar-refractivity contribution is 5.76. The van der Waals surface area contributed by atoms with Crippen molar-refractivity contribution in [2.45, 2.75) is 57.8 Å². The number of aliphatic hydroxyl groups is 1. The van der Waals surface area contributed by atoms with Gasteiger partial charge in [-0.3, -0.25) is 19.2 Å². The molecule has 5 atom stereocenters. The topological polar surface area (TPSA) is 190 Å². The van der Waals surface area contributed by atoms with Gasteiger partial charge in [0.2, 0.25) is 5.91 Å². The Morgan fingerprint density at radius 1 is 0.966 bits per heavy atom. The van der Waals surface area contributed by atoms with E-state index in [9.17, 15) is 29.1 Å². The van der Waals surface area contributed by atoms with Gasteiger partial charge in [-0.15, -0.1) is 0 Å². The molecule has 0 aliphatic carbocycles. The van der Waals surface area contributed by atoms with Crippen LogP contribution < -0.4 is 16.0 Å². The first-order valence-corrected chi connectivity index (χ1v) is 8.69. The first-order valence-electron chi connectivity index (χ1n) is 8.69. The van der Waals surface area contributed by atoms with Gasteiger partial charge in [-0.2, -0.15) is 0 Å². The van der Waals surface area contributed by atoms with Gasteiger partial charge in [0.15, 0.2) is 18.4 Å². The van der Waals surface area contributed by atoms with Crippen molar-refractivity contribution in [2.75, 3.05) is 13.2 Å². The van der Waals surface area contributed by atoms with Crippen molar-refractivity contribution in [3.63, 3.8) is 0 Å². The Bertz CT molecular complexity index is 640. The minimum atomic E-state index is -1.29. The summed E-state index contributed by atoms with van der Waals surface area (Å²) < 4.78 is 15.9. The van der Waals surface area contributed by atoms with Gasteiger partial charge in [0, 0.05) is 27.3 Å². The number of ether oxygens (including phenoxy) is 3. The zero-order valence-electron chi connectivity index (χ0n) is 16.2. The number of carboxylic acid groups (broad SMARTS) is 1. The monoisotopic (exact) mass is 419 g/mol. The first-order chi connectivity index (χ1) is 13.5. The highest BCUT2D eigenvalue weighted by atomic mass is 16.6. The predicted molar refractivity (Wildman–Crippen MR) is 93.2 cm³/mol. The number of nitrogens with one attached hydrogen (secondary N) is 3. The first kappa shape index (κ1) is 24.1. The number of carboxylic acids is 1. The van der Waals surface area contributed by atoms with E-state index in [1.807, 2.05) is 0 Å². The maximum Gasteiger partial charge on any atom is 0.316 e. The van der Waals surface area contributed by atoms with E-state index >= 15 is 0 Å². The molecule has 0 aromatic heterocycles. The fourth-order valence-electron chi connectivity index (χ4n) is 2.73. The maximum atomic E-state index is 12.0. The molecule has 13 nitrogen and oxygen atoms in total. The number of esters is 2. The SMILES string of the molecule is CC(=O)NC1C(NC(=O)NCCC(=O)O)OC(CO)C(OC(C)=O)C1OC(C)=O. The number of hydrogen-bond acceptors (Lipinski definition) is 9. The fraction of sp³-hybridized carbons (Fsp3) is 0.688. The van der Waals surface area contributed by atoms with E-state index in [4.69, 9.17) is 19.3 Å². The molecule has 1 rings (SSSR count). The highest BCUT2D eigenvalue weighted by Gasteiger charge is 2.50. The van der Waals surface area contributed by atoms with E-state index in [-0.39, 0.29) is 13.0 Å². The number of amides is 3. The van der Waals surface area contributed by atoms with Crippen molar-refractivity contribution in [3.8, 4) is 0 Å². The number of aliphatic hydroxyl groups excluding tert-OH is 1. The molecular weight excluding hydrogens is 394 g/mol. The van der Waals surface area contributed by atoms with Crippen LogP contribution in [0, 0.1) is 0 Å². The van der Waals surface area contributed by atoms with Gasteiger partial charge in [0.1, 0.15) is 12.1 Å². The molecule has 0 aromatic carbocycles. The molecule has 5 N–H and O–H groups in total. The van der Waals surface area contributed by atoms with Crippen molar-refractivity contribution >= 4 is 29.8 Å². The third kappa shape index (κ3) is 7.91. The second-order valence-corrected chi connectivity index (χ2v) is 6.20. The molecule has 5 unspecified atom stereocenters. The Balaban J connectivity index is 3.09. The molecule has 0 spiro atoms. The van der Waals surface area contributed by atoms with Crippen LogP contribution in [0.25, 0.3) is 0 Å². The Hall–Kier alpha value is -2.93. The second-order valence-electron chi connectivity index (χ2n) is 6.20. The normalized spacial score (nSPS) is 26.0. The molecule has 0 saturated carbocycles. The average molecular weight is 419 g/mol. The Kier molecular flexibility index (Phi) is 9.28. The van der Waals surface area contributed by atoms with Crippen LogP contribution in [0.15, 0.2) is 0 Å². The summed E-state index contributed by atoms with van der Waals surface area (Å²) in [5, 5.41) is 25.3. The molecule has 1 heterocycles. The van der Waals surface area contributed by atoms with E-state index < -0.39 is 67.0 Å². The maximum absolute atomic E-state index is 12.0. The van der Waals surface area contributed by atoms with Crippen molar-refractivity contribution in [3.05, 3.63) is 0 Å². The van der Waals surface area contributed by atoms with Gasteiger partial charge in [-0.05, 0) is 0 Å². The van der Waals surface area contributed by atoms with E-state index in [2.05, 4.69) is 16.0 Å². The highest BCUT2D eigenvalue weighted by Crippen LogP contribution is 2.25. The standard InChI is InChI=1S/C16H25N3O10/c1-7(21)18-12-14(28-9(3)23)13(27-8(2)22)10(6-20)29-15(12)19-16(26)17-5-4-11(24)25/h10,12-15,20H,4-6H2,1-3H3,(H,18,21)(H,24,25)(H2,17,19,26). The molecule has 1 aliphatic rings. The van der Waals surface area contributed by atoms with Gasteiger partial charge < -0.3 is 40.4 Å². The number of aliphatic carboxylic acids is 1. The molecule has 1 aliphatic heterocycles. The van der Waals surface area contributed by atoms with Crippen LogP contribution in [0.4, 0.5) is 4.79 Å².